The Labute approximate surface area is 149 Å². The molecular weight excluding hydrogens is 324 g/mol. The molecule has 0 saturated carbocycles. The van der Waals surface area contributed by atoms with Crippen molar-refractivity contribution in [3.05, 3.63) is 24.2 Å². The van der Waals surface area contributed by atoms with E-state index in [0.29, 0.717) is 51.2 Å². The van der Waals surface area contributed by atoms with E-state index < -0.39 is 0 Å². The second kappa shape index (κ2) is 14.3. The average molecular weight is 354 g/mol. The van der Waals surface area contributed by atoms with E-state index >= 15 is 0 Å². The van der Waals surface area contributed by atoms with Crippen LogP contribution >= 0.6 is 0 Å². The lowest BCUT2D eigenvalue weighted by Gasteiger charge is -2.12. The Morgan fingerprint density at radius 1 is 1.08 bits per heavy atom. The minimum atomic E-state index is -0.232. The zero-order valence-electron chi connectivity index (χ0n) is 15.2. The van der Waals surface area contributed by atoms with Crippen LogP contribution in [0.2, 0.25) is 0 Å². The summed E-state index contributed by atoms with van der Waals surface area (Å²) in [5.74, 6) is 0.734. The number of rotatable bonds is 13. The van der Waals surface area contributed by atoms with E-state index in [9.17, 15) is 4.79 Å². The Hall–Kier alpha value is -2.06. The maximum Gasteiger partial charge on any atom is 0.287 e. The minimum absolute atomic E-state index is 0.232. The van der Waals surface area contributed by atoms with Gasteiger partial charge in [-0.1, -0.05) is 13.3 Å². The quantitative estimate of drug-likeness (QED) is 0.278. The van der Waals surface area contributed by atoms with Crippen LogP contribution in [-0.4, -0.2) is 65.0 Å². The highest BCUT2D eigenvalue weighted by atomic mass is 16.5. The zero-order valence-corrected chi connectivity index (χ0v) is 15.2. The standard InChI is InChI=1S/C17H30N4O4/c1-3-4-10-23-13-14-24-12-9-21-17(18-2)20-8-7-19-16(22)15-6-5-11-25-15/h5-6,11H,3-4,7-10,12-14H2,1-2H3,(H,19,22)(H2,18,20,21). The Morgan fingerprint density at radius 2 is 1.80 bits per heavy atom. The smallest absolute Gasteiger partial charge is 0.287 e. The van der Waals surface area contributed by atoms with Gasteiger partial charge in [0, 0.05) is 33.3 Å². The Bertz CT molecular complexity index is 477. The summed E-state index contributed by atoms with van der Waals surface area (Å²) in [6.07, 6.45) is 3.70. The number of amides is 1. The first-order valence-electron chi connectivity index (χ1n) is 8.69. The number of hydrogen-bond donors (Lipinski definition) is 3. The van der Waals surface area contributed by atoms with Crippen molar-refractivity contribution in [3.63, 3.8) is 0 Å². The number of furan rings is 1. The predicted octanol–water partition coefficient (Wildman–Crippen LogP) is 1.01. The molecule has 142 valence electrons. The van der Waals surface area contributed by atoms with Gasteiger partial charge >= 0.3 is 0 Å². The largest absolute Gasteiger partial charge is 0.459 e. The molecule has 1 aromatic heterocycles. The Balaban J connectivity index is 1.97. The van der Waals surface area contributed by atoms with Crippen molar-refractivity contribution < 1.29 is 18.7 Å². The highest BCUT2D eigenvalue weighted by molar-refractivity contribution is 5.91. The third-order valence-electron chi connectivity index (χ3n) is 3.22. The summed E-state index contributed by atoms with van der Waals surface area (Å²) in [6.45, 7) is 6.40. The van der Waals surface area contributed by atoms with E-state index in [1.54, 1.807) is 19.2 Å². The third kappa shape index (κ3) is 10.4. The number of nitrogens with one attached hydrogen (secondary N) is 3. The highest BCUT2D eigenvalue weighted by Crippen LogP contribution is 1.98. The van der Waals surface area contributed by atoms with E-state index in [0.717, 1.165) is 19.4 Å². The van der Waals surface area contributed by atoms with Gasteiger partial charge in [0.05, 0.1) is 26.1 Å². The monoisotopic (exact) mass is 354 g/mol. The lowest BCUT2D eigenvalue weighted by Crippen LogP contribution is -2.42. The van der Waals surface area contributed by atoms with Crippen molar-refractivity contribution in [3.8, 4) is 0 Å². The van der Waals surface area contributed by atoms with Crippen molar-refractivity contribution in [2.45, 2.75) is 19.8 Å². The summed E-state index contributed by atoms with van der Waals surface area (Å²) in [4.78, 5) is 15.8. The summed E-state index contributed by atoms with van der Waals surface area (Å²) < 4.78 is 15.9. The molecule has 1 amide bonds. The van der Waals surface area contributed by atoms with Gasteiger partial charge in [0.25, 0.3) is 5.91 Å². The van der Waals surface area contributed by atoms with Crippen LogP contribution < -0.4 is 16.0 Å². The molecule has 0 saturated heterocycles. The summed E-state index contributed by atoms with van der Waals surface area (Å²) in [6, 6.07) is 3.30. The number of unbranched alkanes of at least 4 members (excludes halogenated alkanes) is 1. The van der Waals surface area contributed by atoms with Gasteiger partial charge < -0.3 is 29.8 Å². The second-order valence-corrected chi connectivity index (χ2v) is 5.24. The first kappa shape index (κ1) is 21.0. The number of ether oxygens (including phenoxy) is 2. The number of guanidine groups is 1. The number of aliphatic imine (C=N–C) groups is 1. The van der Waals surface area contributed by atoms with E-state index in [1.807, 2.05) is 0 Å². The summed E-state index contributed by atoms with van der Waals surface area (Å²) in [5.41, 5.74) is 0. The molecule has 0 unspecified atom stereocenters. The molecule has 25 heavy (non-hydrogen) atoms. The Kier molecular flexibility index (Phi) is 12.0. The fourth-order valence-electron chi connectivity index (χ4n) is 1.88. The van der Waals surface area contributed by atoms with E-state index in [-0.39, 0.29) is 5.91 Å². The molecule has 1 heterocycles. The van der Waals surface area contributed by atoms with Gasteiger partial charge in [0.2, 0.25) is 0 Å². The molecule has 1 aromatic rings. The van der Waals surface area contributed by atoms with Gasteiger partial charge in [-0.15, -0.1) is 0 Å². The topological polar surface area (TPSA) is 97.1 Å². The first-order valence-corrected chi connectivity index (χ1v) is 8.69. The summed E-state index contributed by atoms with van der Waals surface area (Å²) in [5, 5.41) is 9.00. The lowest BCUT2D eigenvalue weighted by atomic mass is 10.4. The molecule has 0 spiro atoms. The van der Waals surface area contributed by atoms with E-state index in [2.05, 4.69) is 27.9 Å². The molecule has 0 aliphatic heterocycles. The fraction of sp³-hybridized carbons (Fsp3) is 0.647. The average Bonchev–Trinajstić information content (AvgIpc) is 3.16. The maximum absolute atomic E-state index is 11.7. The summed E-state index contributed by atoms with van der Waals surface area (Å²) in [7, 11) is 1.69. The molecule has 0 aromatic carbocycles. The van der Waals surface area contributed by atoms with Gasteiger partial charge in [-0.25, -0.2) is 0 Å². The molecule has 0 fully saturated rings. The van der Waals surface area contributed by atoms with Gasteiger partial charge in [0.15, 0.2) is 11.7 Å². The molecule has 0 aliphatic carbocycles. The fourth-order valence-corrected chi connectivity index (χ4v) is 1.88. The Morgan fingerprint density at radius 3 is 2.48 bits per heavy atom. The van der Waals surface area contributed by atoms with Crippen LogP contribution in [0.3, 0.4) is 0 Å². The molecule has 0 aliphatic rings. The SMILES string of the molecule is CCCCOCCOCCNC(=NC)NCCNC(=O)c1ccco1. The van der Waals surface area contributed by atoms with Crippen LogP contribution in [0.15, 0.2) is 27.8 Å². The third-order valence-corrected chi connectivity index (χ3v) is 3.22. The van der Waals surface area contributed by atoms with Crippen LogP contribution in [0.25, 0.3) is 0 Å². The van der Waals surface area contributed by atoms with Crippen LogP contribution in [0, 0.1) is 0 Å². The molecule has 8 heteroatoms. The van der Waals surface area contributed by atoms with Crippen LogP contribution in [-0.2, 0) is 9.47 Å². The minimum Gasteiger partial charge on any atom is -0.459 e. The van der Waals surface area contributed by atoms with Crippen molar-refractivity contribution in [1.29, 1.82) is 0 Å². The molecule has 0 radical (unpaired) electrons. The van der Waals surface area contributed by atoms with E-state index in [1.165, 1.54) is 6.26 Å². The van der Waals surface area contributed by atoms with Gasteiger partial charge in [0.1, 0.15) is 0 Å². The molecule has 1 rings (SSSR count). The summed E-state index contributed by atoms with van der Waals surface area (Å²) >= 11 is 0. The molecule has 8 nitrogen and oxygen atoms in total. The van der Waals surface area contributed by atoms with Crippen LogP contribution in [0.1, 0.15) is 30.3 Å². The lowest BCUT2D eigenvalue weighted by molar-refractivity contribution is 0.0487. The molecular formula is C17H30N4O4. The normalized spacial score (nSPS) is 11.4. The zero-order chi connectivity index (χ0) is 18.2. The molecule has 0 atom stereocenters. The second-order valence-electron chi connectivity index (χ2n) is 5.24. The van der Waals surface area contributed by atoms with Crippen molar-refractivity contribution in [1.82, 2.24) is 16.0 Å². The number of carbonyl (C=O) groups is 1. The van der Waals surface area contributed by atoms with Crippen molar-refractivity contribution >= 4 is 11.9 Å². The van der Waals surface area contributed by atoms with Gasteiger partial charge in [-0.05, 0) is 18.6 Å². The molecule has 3 N–H and O–H groups in total. The van der Waals surface area contributed by atoms with Crippen molar-refractivity contribution in [2.24, 2.45) is 4.99 Å². The predicted molar refractivity (Wildman–Crippen MR) is 97.0 cm³/mol. The number of hydrogen-bond acceptors (Lipinski definition) is 5. The number of carbonyl (C=O) groups excluding carboxylic acids is 1. The van der Waals surface area contributed by atoms with Gasteiger partial charge in [-0.2, -0.15) is 0 Å². The van der Waals surface area contributed by atoms with Crippen LogP contribution in [0.4, 0.5) is 0 Å². The van der Waals surface area contributed by atoms with Gasteiger partial charge in [-0.3, -0.25) is 9.79 Å². The van der Waals surface area contributed by atoms with Crippen LogP contribution in [0.5, 0.6) is 0 Å². The van der Waals surface area contributed by atoms with Crippen molar-refractivity contribution in [2.75, 3.05) is 53.1 Å². The highest BCUT2D eigenvalue weighted by Gasteiger charge is 2.06. The first-order chi connectivity index (χ1) is 12.3. The molecule has 0 bridgehead atoms. The maximum atomic E-state index is 11.7. The number of nitrogens with zero attached hydrogens (tertiary/aromatic N) is 1. The van der Waals surface area contributed by atoms with E-state index in [4.69, 9.17) is 13.9 Å².